The number of methoxy groups -OCH3 is 2. The van der Waals surface area contributed by atoms with Crippen LogP contribution in [0.5, 0.6) is 0 Å². The van der Waals surface area contributed by atoms with Gasteiger partial charge in [0.25, 0.3) is 0 Å². The van der Waals surface area contributed by atoms with Gasteiger partial charge in [-0.3, -0.25) is 9.59 Å². The van der Waals surface area contributed by atoms with Crippen molar-refractivity contribution >= 4 is 11.9 Å². The number of rotatable bonds is 8. The Balaban J connectivity index is 2.73. The molecule has 6 heteroatoms. The number of esters is 2. The smallest absolute Gasteiger partial charge is 0.306 e. The highest BCUT2D eigenvalue weighted by molar-refractivity contribution is 5.70. The molecule has 140 valence electrons. The van der Waals surface area contributed by atoms with Crippen LogP contribution in [0.2, 0.25) is 0 Å². The van der Waals surface area contributed by atoms with Crippen LogP contribution >= 0.6 is 0 Å². The molecule has 6 nitrogen and oxygen atoms in total. The van der Waals surface area contributed by atoms with Gasteiger partial charge in [0.2, 0.25) is 0 Å². The number of carbonyl (C=O) groups excluding carboxylic acids is 2. The maximum absolute atomic E-state index is 11.5. The van der Waals surface area contributed by atoms with Gasteiger partial charge >= 0.3 is 11.9 Å². The van der Waals surface area contributed by atoms with E-state index in [1.165, 1.54) is 14.2 Å². The van der Waals surface area contributed by atoms with Crippen molar-refractivity contribution in [3.63, 3.8) is 0 Å². The maximum atomic E-state index is 11.5. The van der Waals surface area contributed by atoms with Crippen molar-refractivity contribution in [2.45, 2.75) is 58.9 Å². The Morgan fingerprint density at radius 2 is 1.54 bits per heavy atom. The average molecular weight is 342 g/mol. The molecule has 2 N–H and O–H groups in total. The highest BCUT2D eigenvalue weighted by atomic mass is 16.5. The summed E-state index contributed by atoms with van der Waals surface area (Å²) >= 11 is 0. The van der Waals surface area contributed by atoms with Crippen molar-refractivity contribution < 1.29 is 19.1 Å². The SMILES string of the molecule is COC(=O)CCN(CCC(=O)OC)CC1(C)CC(N)CC(C)(C)C1. The molecule has 0 aliphatic heterocycles. The van der Waals surface area contributed by atoms with E-state index in [-0.39, 0.29) is 28.8 Å². The van der Waals surface area contributed by atoms with Gasteiger partial charge in [-0.05, 0) is 30.1 Å². The maximum Gasteiger partial charge on any atom is 0.306 e. The van der Waals surface area contributed by atoms with Gasteiger partial charge in [0.15, 0.2) is 0 Å². The van der Waals surface area contributed by atoms with Crippen molar-refractivity contribution in [3.05, 3.63) is 0 Å². The van der Waals surface area contributed by atoms with Crippen molar-refractivity contribution in [3.8, 4) is 0 Å². The first-order chi connectivity index (χ1) is 11.1. The van der Waals surface area contributed by atoms with Crippen LogP contribution in [0.3, 0.4) is 0 Å². The van der Waals surface area contributed by atoms with Crippen LogP contribution < -0.4 is 5.73 Å². The van der Waals surface area contributed by atoms with E-state index in [0.717, 1.165) is 25.8 Å². The van der Waals surface area contributed by atoms with Crippen molar-refractivity contribution in [2.24, 2.45) is 16.6 Å². The van der Waals surface area contributed by atoms with Crippen LogP contribution in [0.4, 0.5) is 0 Å². The summed E-state index contributed by atoms with van der Waals surface area (Å²) in [6, 6.07) is 0.196. The van der Waals surface area contributed by atoms with Gasteiger partial charge in [-0.2, -0.15) is 0 Å². The van der Waals surface area contributed by atoms with E-state index in [1.807, 2.05) is 0 Å². The largest absolute Gasteiger partial charge is 0.469 e. The minimum absolute atomic E-state index is 0.0768. The molecule has 0 saturated heterocycles. The quantitative estimate of drug-likeness (QED) is 0.679. The molecule has 1 aliphatic carbocycles. The predicted molar refractivity (Wildman–Crippen MR) is 93.4 cm³/mol. The Morgan fingerprint density at radius 3 is 1.96 bits per heavy atom. The first-order valence-electron chi connectivity index (χ1n) is 8.71. The molecule has 0 aromatic carbocycles. The molecule has 0 heterocycles. The molecular weight excluding hydrogens is 308 g/mol. The molecule has 2 atom stereocenters. The summed E-state index contributed by atoms with van der Waals surface area (Å²) in [5.74, 6) is -0.465. The third kappa shape index (κ3) is 7.18. The Kier molecular flexibility index (Phi) is 7.67. The van der Waals surface area contributed by atoms with Gasteiger partial charge in [-0.25, -0.2) is 0 Å². The lowest BCUT2D eigenvalue weighted by atomic mass is 9.62. The van der Waals surface area contributed by atoms with Crippen LogP contribution in [0, 0.1) is 10.8 Å². The molecule has 1 aliphatic rings. The van der Waals surface area contributed by atoms with Crippen LogP contribution in [0.25, 0.3) is 0 Å². The van der Waals surface area contributed by atoms with E-state index >= 15 is 0 Å². The highest BCUT2D eigenvalue weighted by Gasteiger charge is 2.40. The Bertz CT molecular complexity index is 419. The molecule has 24 heavy (non-hydrogen) atoms. The Hall–Kier alpha value is -1.14. The monoisotopic (exact) mass is 342 g/mol. The second-order valence-corrected chi connectivity index (χ2v) is 8.25. The number of hydrogen-bond acceptors (Lipinski definition) is 6. The van der Waals surface area contributed by atoms with Crippen molar-refractivity contribution in [1.82, 2.24) is 4.90 Å². The number of nitrogens with zero attached hydrogens (tertiary/aromatic N) is 1. The molecule has 2 unspecified atom stereocenters. The summed E-state index contributed by atoms with van der Waals surface area (Å²) in [7, 11) is 2.79. The molecule has 0 bridgehead atoms. The fourth-order valence-electron chi connectivity index (χ4n) is 4.35. The Labute approximate surface area is 146 Å². The molecule has 0 aromatic rings. The van der Waals surface area contributed by atoms with Gasteiger partial charge in [0.05, 0.1) is 27.1 Å². The zero-order chi connectivity index (χ0) is 18.4. The van der Waals surface area contributed by atoms with E-state index in [0.29, 0.717) is 25.9 Å². The van der Waals surface area contributed by atoms with E-state index < -0.39 is 0 Å². The molecular formula is C18H34N2O4. The average Bonchev–Trinajstić information content (AvgIpc) is 2.46. The standard InChI is InChI=1S/C18H34N2O4/c1-17(2)10-14(19)11-18(3,12-17)13-20(8-6-15(21)23-4)9-7-16(22)24-5/h14H,6-13,19H2,1-5H3. The molecule has 1 fully saturated rings. The minimum atomic E-state index is -0.233. The zero-order valence-corrected chi connectivity index (χ0v) is 15.9. The number of carbonyl (C=O) groups is 2. The van der Waals surface area contributed by atoms with Crippen LogP contribution in [-0.4, -0.2) is 56.7 Å². The third-order valence-electron chi connectivity index (χ3n) is 4.80. The summed E-state index contributed by atoms with van der Waals surface area (Å²) in [5.41, 5.74) is 6.57. The summed E-state index contributed by atoms with van der Waals surface area (Å²) in [6.45, 7) is 8.76. The highest BCUT2D eigenvalue weighted by Crippen LogP contribution is 2.45. The summed E-state index contributed by atoms with van der Waals surface area (Å²) in [6.07, 6.45) is 3.73. The fourth-order valence-corrected chi connectivity index (χ4v) is 4.35. The lowest BCUT2D eigenvalue weighted by molar-refractivity contribution is -0.141. The summed E-state index contributed by atoms with van der Waals surface area (Å²) in [5, 5.41) is 0. The molecule has 0 amide bonds. The lowest BCUT2D eigenvalue weighted by Gasteiger charge is -2.47. The predicted octanol–water partition coefficient (Wildman–Crippen LogP) is 1.96. The third-order valence-corrected chi connectivity index (χ3v) is 4.80. The zero-order valence-electron chi connectivity index (χ0n) is 15.9. The lowest BCUT2D eigenvalue weighted by Crippen LogP contribution is -2.48. The van der Waals surface area contributed by atoms with Gasteiger partial charge in [-0.15, -0.1) is 0 Å². The summed E-state index contributed by atoms with van der Waals surface area (Å²) < 4.78 is 9.47. The van der Waals surface area contributed by atoms with E-state index in [9.17, 15) is 9.59 Å². The summed E-state index contributed by atoms with van der Waals surface area (Å²) in [4.78, 5) is 25.1. The first kappa shape index (κ1) is 20.9. The second-order valence-electron chi connectivity index (χ2n) is 8.25. The van der Waals surface area contributed by atoms with Crippen molar-refractivity contribution in [1.29, 1.82) is 0 Å². The first-order valence-corrected chi connectivity index (χ1v) is 8.71. The van der Waals surface area contributed by atoms with Gasteiger partial charge in [0.1, 0.15) is 0 Å². The minimum Gasteiger partial charge on any atom is -0.469 e. The topological polar surface area (TPSA) is 81.9 Å². The number of nitrogens with two attached hydrogens (primary N) is 1. The van der Waals surface area contributed by atoms with Crippen molar-refractivity contribution in [2.75, 3.05) is 33.9 Å². The number of ether oxygens (including phenoxy) is 2. The Morgan fingerprint density at radius 1 is 1.04 bits per heavy atom. The van der Waals surface area contributed by atoms with Gasteiger partial charge in [0, 0.05) is 25.7 Å². The molecule has 1 rings (SSSR count). The fraction of sp³-hybridized carbons (Fsp3) is 0.889. The van der Waals surface area contributed by atoms with Crippen LogP contribution in [0.15, 0.2) is 0 Å². The molecule has 0 spiro atoms. The van der Waals surface area contributed by atoms with E-state index in [4.69, 9.17) is 15.2 Å². The molecule has 1 saturated carbocycles. The van der Waals surface area contributed by atoms with Gasteiger partial charge in [-0.1, -0.05) is 20.8 Å². The number of hydrogen-bond donors (Lipinski definition) is 1. The molecule has 0 aromatic heterocycles. The normalized spacial score (nSPS) is 26.2. The van der Waals surface area contributed by atoms with E-state index in [2.05, 4.69) is 25.7 Å². The second kappa shape index (κ2) is 8.81. The van der Waals surface area contributed by atoms with Crippen LogP contribution in [0.1, 0.15) is 52.9 Å². The van der Waals surface area contributed by atoms with Gasteiger partial charge < -0.3 is 20.1 Å². The van der Waals surface area contributed by atoms with Crippen LogP contribution in [-0.2, 0) is 19.1 Å². The van der Waals surface area contributed by atoms with E-state index in [1.54, 1.807) is 0 Å². The molecule has 0 radical (unpaired) electrons.